The maximum absolute atomic E-state index is 10.3. The molecule has 0 spiro atoms. The Morgan fingerprint density at radius 2 is 1.80 bits per heavy atom. The molecule has 0 aromatic heterocycles. The van der Waals surface area contributed by atoms with E-state index < -0.39 is 8.07 Å². The Hall–Kier alpha value is -0.0831. The van der Waals surface area contributed by atoms with E-state index in [9.17, 15) is 5.11 Å². The van der Waals surface area contributed by atoms with Crippen LogP contribution in [0.5, 0.6) is 0 Å². The fourth-order valence-electron chi connectivity index (χ4n) is 1.78. The monoisotopic (exact) mass is 228 g/mol. The van der Waals surface area contributed by atoms with E-state index in [1.807, 2.05) is 0 Å². The molecule has 0 heterocycles. The Balaban J connectivity index is 4.37. The number of unbranched alkanes of at least 4 members (excludes halogenated alkanes) is 1. The number of aliphatic hydroxyl groups is 1. The third kappa shape index (κ3) is 4.98. The highest BCUT2D eigenvalue weighted by atomic mass is 28.3. The number of hydrogen-bond donors (Lipinski definition) is 1. The average Bonchev–Trinajstić information content (AvgIpc) is 2.16. The van der Waals surface area contributed by atoms with E-state index in [0.717, 1.165) is 18.0 Å². The largest absolute Gasteiger partial charge is 0.389 e. The van der Waals surface area contributed by atoms with E-state index >= 15 is 0 Å². The second-order valence-corrected chi connectivity index (χ2v) is 10.7. The molecule has 2 unspecified atom stereocenters. The minimum Gasteiger partial charge on any atom is -0.389 e. The van der Waals surface area contributed by atoms with Crippen LogP contribution in [0.25, 0.3) is 0 Å². The van der Waals surface area contributed by atoms with Gasteiger partial charge in [-0.15, -0.1) is 6.58 Å². The van der Waals surface area contributed by atoms with Gasteiger partial charge in [-0.2, -0.15) is 0 Å². The maximum Gasteiger partial charge on any atom is 0.0750 e. The summed E-state index contributed by atoms with van der Waals surface area (Å²) in [5.41, 5.74) is 0. The summed E-state index contributed by atoms with van der Waals surface area (Å²) in [5.74, 6) is 0.421. The Labute approximate surface area is 96.6 Å². The first-order chi connectivity index (χ1) is 6.84. The number of rotatable bonds is 7. The molecule has 0 aliphatic heterocycles. The van der Waals surface area contributed by atoms with Gasteiger partial charge in [-0.25, -0.2) is 0 Å². The van der Waals surface area contributed by atoms with Crippen molar-refractivity contribution in [3.05, 3.63) is 11.8 Å². The zero-order valence-electron chi connectivity index (χ0n) is 11.1. The molecule has 15 heavy (non-hydrogen) atoms. The van der Waals surface area contributed by atoms with Crippen molar-refractivity contribution in [3.63, 3.8) is 0 Å². The van der Waals surface area contributed by atoms with Crippen LogP contribution in [-0.2, 0) is 0 Å². The van der Waals surface area contributed by atoms with Crippen LogP contribution in [-0.4, -0.2) is 19.3 Å². The molecular formula is C13H28OSi. The van der Waals surface area contributed by atoms with Crippen molar-refractivity contribution in [2.75, 3.05) is 0 Å². The molecule has 1 nitrogen and oxygen atoms in total. The molecule has 0 rings (SSSR count). The molecule has 2 atom stereocenters. The van der Waals surface area contributed by atoms with Gasteiger partial charge >= 0.3 is 0 Å². The first kappa shape index (κ1) is 14.9. The van der Waals surface area contributed by atoms with Gasteiger partial charge < -0.3 is 5.11 Å². The van der Waals surface area contributed by atoms with Gasteiger partial charge in [0.1, 0.15) is 0 Å². The summed E-state index contributed by atoms with van der Waals surface area (Å²) in [6.07, 6.45) is 4.35. The van der Waals surface area contributed by atoms with Crippen molar-refractivity contribution in [1.82, 2.24) is 0 Å². The average molecular weight is 228 g/mol. The van der Waals surface area contributed by atoms with E-state index in [1.54, 1.807) is 0 Å². The van der Waals surface area contributed by atoms with Gasteiger partial charge in [0.05, 0.1) is 14.2 Å². The van der Waals surface area contributed by atoms with Crippen molar-refractivity contribution < 1.29 is 5.11 Å². The molecular weight excluding hydrogens is 200 g/mol. The fourth-order valence-corrected chi connectivity index (χ4v) is 2.90. The van der Waals surface area contributed by atoms with Crippen molar-refractivity contribution in [3.8, 4) is 0 Å². The minimum atomic E-state index is -1.39. The van der Waals surface area contributed by atoms with Crippen molar-refractivity contribution in [2.45, 2.75) is 65.3 Å². The molecule has 0 aliphatic carbocycles. The van der Waals surface area contributed by atoms with Gasteiger partial charge in [-0.3, -0.25) is 0 Å². The molecule has 0 radical (unpaired) electrons. The number of hydrogen-bond acceptors (Lipinski definition) is 1. The van der Waals surface area contributed by atoms with Crippen LogP contribution in [0.1, 0.15) is 39.5 Å². The molecule has 0 aromatic rings. The molecule has 0 saturated heterocycles. The maximum atomic E-state index is 10.3. The van der Waals surface area contributed by atoms with Crippen LogP contribution in [0.2, 0.25) is 19.6 Å². The van der Waals surface area contributed by atoms with Crippen LogP contribution < -0.4 is 0 Å². The van der Waals surface area contributed by atoms with Gasteiger partial charge in [0.2, 0.25) is 0 Å². The molecule has 90 valence electrons. The van der Waals surface area contributed by atoms with E-state index in [2.05, 4.69) is 40.1 Å². The lowest BCUT2D eigenvalue weighted by Gasteiger charge is -2.30. The third-order valence-corrected chi connectivity index (χ3v) is 5.44. The highest BCUT2D eigenvalue weighted by Crippen LogP contribution is 2.26. The number of aliphatic hydroxyl groups excluding tert-OH is 1. The van der Waals surface area contributed by atoms with Gasteiger partial charge in [-0.05, 0) is 12.3 Å². The lowest BCUT2D eigenvalue weighted by molar-refractivity contribution is 0.137. The van der Waals surface area contributed by atoms with Gasteiger partial charge in [0.25, 0.3) is 0 Å². The molecule has 0 saturated carbocycles. The Morgan fingerprint density at radius 1 is 1.27 bits per heavy atom. The molecule has 0 aromatic carbocycles. The predicted molar refractivity (Wildman–Crippen MR) is 71.8 cm³/mol. The predicted octanol–water partition coefficient (Wildman–Crippen LogP) is 4.00. The summed E-state index contributed by atoms with van der Waals surface area (Å²) in [6.45, 7) is 15.2. The van der Waals surface area contributed by atoms with E-state index in [-0.39, 0.29) is 6.10 Å². The Morgan fingerprint density at radius 3 is 2.13 bits per heavy atom. The van der Waals surface area contributed by atoms with Crippen molar-refractivity contribution in [1.29, 1.82) is 0 Å². The highest BCUT2D eigenvalue weighted by molar-refractivity contribution is 6.83. The Kier molecular flexibility index (Phi) is 6.45. The first-order valence-electron chi connectivity index (χ1n) is 6.21. The fraction of sp³-hybridized carbons (Fsp3) is 0.846. The zero-order chi connectivity index (χ0) is 12.1. The second kappa shape index (κ2) is 6.49. The van der Waals surface area contributed by atoms with E-state index in [0.29, 0.717) is 5.92 Å². The Bertz CT molecular complexity index is 193. The zero-order valence-corrected chi connectivity index (χ0v) is 12.1. The van der Waals surface area contributed by atoms with Crippen molar-refractivity contribution in [2.24, 2.45) is 5.92 Å². The van der Waals surface area contributed by atoms with E-state index in [1.165, 1.54) is 12.8 Å². The minimum absolute atomic E-state index is 0.270. The summed E-state index contributed by atoms with van der Waals surface area (Å²) in [4.78, 5) is 0. The van der Waals surface area contributed by atoms with Crippen LogP contribution in [0.15, 0.2) is 11.8 Å². The van der Waals surface area contributed by atoms with Crippen LogP contribution in [0.4, 0.5) is 0 Å². The second-order valence-electron chi connectivity index (χ2n) is 5.53. The molecule has 0 aliphatic rings. The quantitative estimate of drug-likeness (QED) is 0.653. The van der Waals surface area contributed by atoms with E-state index in [4.69, 9.17) is 0 Å². The van der Waals surface area contributed by atoms with Crippen LogP contribution >= 0.6 is 0 Å². The molecule has 0 fully saturated rings. The van der Waals surface area contributed by atoms with Crippen LogP contribution in [0.3, 0.4) is 0 Å². The SMILES string of the molecule is C=C(C(O)C(CC)CCCC)[Si](C)(C)C. The van der Waals surface area contributed by atoms with Crippen LogP contribution in [0, 0.1) is 5.92 Å². The smallest absolute Gasteiger partial charge is 0.0750 e. The summed E-state index contributed by atoms with van der Waals surface area (Å²) in [5, 5.41) is 11.4. The standard InChI is InChI=1S/C13H28OSi/c1-7-9-10-12(8-2)13(14)11(3)15(4,5)6/h12-14H,3,7-10H2,1-2,4-6H3. The topological polar surface area (TPSA) is 20.2 Å². The lowest BCUT2D eigenvalue weighted by Crippen LogP contribution is -2.35. The van der Waals surface area contributed by atoms with Gasteiger partial charge in [0.15, 0.2) is 0 Å². The third-order valence-electron chi connectivity index (χ3n) is 3.22. The summed E-state index contributed by atoms with van der Waals surface area (Å²) >= 11 is 0. The molecule has 0 bridgehead atoms. The van der Waals surface area contributed by atoms with Gasteiger partial charge in [0, 0.05) is 0 Å². The highest BCUT2D eigenvalue weighted by Gasteiger charge is 2.28. The normalized spacial score (nSPS) is 16.1. The molecule has 2 heteroatoms. The molecule has 1 N–H and O–H groups in total. The summed E-state index contributed by atoms with van der Waals surface area (Å²) in [6, 6.07) is 0. The summed E-state index contributed by atoms with van der Waals surface area (Å²) in [7, 11) is -1.39. The van der Waals surface area contributed by atoms with Crippen molar-refractivity contribution >= 4 is 8.07 Å². The van der Waals surface area contributed by atoms with Gasteiger partial charge in [-0.1, -0.05) is 57.9 Å². The summed E-state index contributed by atoms with van der Waals surface area (Å²) < 4.78 is 0. The first-order valence-corrected chi connectivity index (χ1v) is 9.71. The lowest BCUT2D eigenvalue weighted by atomic mass is 9.93. The molecule has 0 amide bonds.